The van der Waals surface area contributed by atoms with Gasteiger partial charge in [-0.15, -0.1) is 0 Å². The second-order valence-corrected chi connectivity index (χ2v) is 9.78. The number of benzene rings is 3. The van der Waals surface area contributed by atoms with Gasteiger partial charge < -0.3 is 14.2 Å². The van der Waals surface area contributed by atoms with Crippen molar-refractivity contribution in [2.24, 2.45) is 5.92 Å². The van der Waals surface area contributed by atoms with E-state index in [1.165, 1.54) is 0 Å². The molecule has 3 aromatic carbocycles. The molecule has 166 valence electrons. The molecule has 0 N–H and O–H groups in total. The summed E-state index contributed by atoms with van der Waals surface area (Å²) in [6.07, 6.45) is -0.455. The molecule has 5 nitrogen and oxygen atoms in total. The predicted octanol–water partition coefficient (Wildman–Crippen LogP) is 5.34. The van der Waals surface area contributed by atoms with E-state index in [0.29, 0.717) is 23.7 Å². The fourth-order valence-electron chi connectivity index (χ4n) is 3.84. The zero-order valence-electron chi connectivity index (χ0n) is 18.1. The van der Waals surface area contributed by atoms with Crippen molar-refractivity contribution in [3.05, 3.63) is 102 Å². The van der Waals surface area contributed by atoms with Gasteiger partial charge in [-0.1, -0.05) is 68.1 Å². The fraction of sp³-hybridized carbons (Fsp3) is 0.231. The van der Waals surface area contributed by atoms with Crippen molar-refractivity contribution >= 4 is 9.84 Å². The molecule has 3 aromatic rings. The smallest absolute Gasteiger partial charge is 0.209 e. The van der Waals surface area contributed by atoms with Crippen molar-refractivity contribution in [3.63, 3.8) is 0 Å². The Bertz CT molecular complexity index is 1190. The highest BCUT2D eigenvalue weighted by atomic mass is 32.2. The average Bonchev–Trinajstić information content (AvgIpc) is 3.14. The quantitative estimate of drug-likeness (QED) is 0.455. The van der Waals surface area contributed by atoms with Crippen molar-refractivity contribution < 1.29 is 22.6 Å². The molecule has 1 fully saturated rings. The van der Waals surface area contributed by atoms with E-state index in [2.05, 4.69) is 6.58 Å². The van der Waals surface area contributed by atoms with Crippen LogP contribution in [0.25, 0.3) is 0 Å². The normalized spacial score (nSPS) is 20.8. The van der Waals surface area contributed by atoms with Crippen molar-refractivity contribution in [2.45, 2.75) is 30.0 Å². The second-order valence-electron chi connectivity index (χ2n) is 7.79. The summed E-state index contributed by atoms with van der Waals surface area (Å²) in [5, 5.41) is 0. The molecule has 1 saturated heterocycles. The van der Waals surface area contributed by atoms with E-state index in [-0.39, 0.29) is 10.8 Å². The molecule has 0 saturated carbocycles. The monoisotopic (exact) mass is 450 g/mol. The SMILES string of the molecule is C=C1C(S(=O)(=O)c2ccccc2)O[C@H](c2ccc(OCc3ccccc3)c(OC)c2)[C@@H]1C. The topological polar surface area (TPSA) is 61.8 Å². The summed E-state index contributed by atoms with van der Waals surface area (Å²) in [5.41, 5.74) is 1.32. The van der Waals surface area contributed by atoms with Crippen LogP contribution in [0, 0.1) is 5.92 Å². The maximum absolute atomic E-state index is 13.1. The molecule has 0 aliphatic carbocycles. The van der Waals surface area contributed by atoms with Crippen molar-refractivity contribution in [1.82, 2.24) is 0 Å². The Kier molecular flexibility index (Phi) is 6.35. The van der Waals surface area contributed by atoms with Crippen LogP contribution >= 0.6 is 0 Å². The van der Waals surface area contributed by atoms with E-state index < -0.39 is 21.4 Å². The molecule has 0 aromatic heterocycles. The minimum Gasteiger partial charge on any atom is -0.493 e. The van der Waals surface area contributed by atoms with E-state index in [9.17, 15) is 8.42 Å². The number of hydrogen-bond donors (Lipinski definition) is 0. The Morgan fingerprint density at radius 1 is 0.938 bits per heavy atom. The molecule has 1 aliphatic rings. The lowest BCUT2D eigenvalue weighted by Gasteiger charge is -2.18. The molecule has 4 rings (SSSR count). The van der Waals surface area contributed by atoms with Crippen molar-refractivity contribution in [3.8, 4) is 11.5 Å². The van der Waals surface area contributed by atoms with E-state index in [1.807, 2.05) is 55.5 Å². The van der Waals surface area contributed by atoms with Crippen LogP contribution in [-0.4, -0.2) is 21.0 Å². The first-order chi connectivity index (χ1) is 15.4. The highest BCUT2D eigenvalue weighted by molar-refractivity contribution is 7.92. The van der Waals surface area contributed by atoms with Gasteiger partial charge in [-0.05, 0) is 41.0 Å². The van der Waals surface area contributed by atoms with Crippen LogP contribution in [0.2, 0.25) is 0 Å². The molecule has 1 aliphatic heterocycles. The average molecular weight is 451 g/mol. The summed E-state index contributed by atoms with van der Waals surface area (Å²) >= 11 is 0. The molecular formula is C26H26O5S. The first kappa shape index (κ1) is 22.1. The Hall–Kier alpha value is -3.09. The molecule has 0 spiro atoms. The van der Waals surface area contributed by atoms with E-state index in [4.69, 9.17) is 14.2 Å². The Morgan fingerprint density at radius 2 is 1.59 bits per heavy atom. The van der Waals surface area contributed by atoms with Crippen LogP contribution in [0.1, 0.15) is 24.2 Å². The van der Waals surface area contributed by atoms with Gasteiger partial charge in [0.2, 0.25) is 9.84 Å². The van der Waals surface area contributed by atoms with Crippen LogP contribution in [0.15, 0.2) is 95.9 Å². The fourth-order valence-corrected chi connectivity index (χ4v) is 5.50. The number of methoxy groups -OCH3 is 1. The van der Waals surface area contributed by atoms with Gasteiger partial charge in [0, 0.05) is 5.92 Å². The molecule has 6 heteroatoms. The molecule has 0 amide bonds. The second kappa shape index (κ2) is 9.18. The van der Waals surface area contributed by atoms with Gasteiger partial charge in [0.1, 0.15) is 6.61 Å². The summed E-state index contributed by atoms with van der Waals surface area (Å²) in [6, 6.07) is 23.8. The van der Waals surface area contributed by atoms with Gasteiger partial charge in [-0.25, -0.2) is 8.42 Å². The molecule has 0 radical (unpaired) electrons. The third-order valence-electron chi connectivity index (χ3n) is 5.72. The standard InChI is InChI=1S/C26H26O5S/c1-18-19(2)26(32(27,28)22-12-8-5-9-13-22)31-25(18)21-14-15-23(24(16-21)29-3)30-17-20-10-6-4-7-11-20/h4-16,18,25-26H,2,17H2,1,3H3/t18-,25+,26?/m1/s1. The van der Waals surface area contributed by atoms with Crippen molar-refractivity contribution in [2.75, 3.05) is 7.11 Å². The summed E-state index contributed by atoms with van der Waals surface area (Å²) in [5.74, 6) is 0.992. The summed E-state index contributed by atoms with van der Waals surface area (Å²) < 4.78 is 43.8. The highest BCUT2D eigenvalue weighted by Crippen LogP contribution is 2.45. The van der Waals surface area contributed by atoms with Gasteiger partial charge in [0.25, 0.3) is 0 Å². The van der Waals surface area contributed by atoms with Crippen LogP contribution in [-0.2, 0) is 21.2 Å². The van der Waals surface area contributed by atoms with Crippen LogP contribution in [0.3, 0.4) is 0 Å². The summed E-state index contributed by atoms with van der Waals surface area (Å²) in [6.45, 7) is 6.40. The summed E-state index contributed by atoms with van der Waals surface area (Å²) in [4.78, 5) is 0.223. The van der Waals surface area contributed by atoms with Crippen LogP contribution < -0.4 is 9.47 Å². The Morgan fingerprint density at radius 3 is 2.25 bits per heavy atom. The minimum absolute atomic E-state index is 0.181. The lowest BCUT2D eigenvalue weighted by molar-refractivity contribution is 0.0746. The van der Waals surface area contributed by atoms with E-state index >= 15 is 0 Å². The maximum atomic E-state index is 13.1. The largest absolute Gasteiger partial charge is 0.493 e. The number of hydrogen-bond acceptors (Lipinski definition) is 5. The zero-order chi connectivity index (χ0) is 22.7. The highest BCUT2D eigenvalue weighted by Gasteiger charge is 2.44. The van der Waals surface area contributed by atoms with Crippen molar-refractivity contribution in [1.29, 1.82) is 0 Å². The molecular weight excluding hydrogens is 424 g/mol. The van der Waals surface area contributed by atoms with Gasteiger partial charge in [0.15, 0.2) is 16.9 Å². The first-order valence-electron chi connectivity index (χ1n) is 10.4. The lowest BCUT2D eigenvalue weighted by atomic mass is 9.94. The third-order valence-corrected chi connectivity index (χ3v) is 7.63. The molecule has 32 heavy (non-hydrogen) atoms. The predicted molar refractivity (Wildman–Crippen MR) is 123 cm³/mol. The lowest BCUT2D eigenvalue weighted by Crippen LogP contribution is -2.22. The van der Waals surface area contributed by atoms with Gasteiger partial charge >= 0.3 is 0 Å². The summed E-state index contributed by atoms with van der Waals surface area (Å²) in [7, 11) is -2.12. The molecule has 1 unspecified atom stereocenters. The van der Waals surface area contributed by atoms with E-state index in [1.54, 1.807) is 37.4 Å². The number of sulfone groups is 1. The third kappa shape index (κ3) is 4.29. The van der Waals surface area contributed by atoms with Crippen LogP contribution in [0.4, 0.5) is 0 Å². The number of rotatable bonds is 7. The van der Waals surface area contributed by atoms with Crippen LogP contribution in [0.5, 0.6) is 11.5 Å². The van der Waals surface area contributed by atoms with Gasteiger partial charge in [-0.2, -0.15) is 0 Å². The van der Waals surface area contributed by atoms with Gasteiger partial charge in [-0.3, -0.25) is 0 Å². The molecule has 0 bridgehead atoms. The van der Waals surface area contributed by atoms with Gasteiger partial charge in [0.05, 0.1) is 18.1 Å². The Balaban J connectivity index is 1.56. The minimum atomic E-state index is -3.70. The van der Waals surface area contributed by atoms with E-state index in [0.717, 1.165) is 11.1 Å². The first-order valence-corrected chi connectivity index (χ1v) is 11.9. The maximum Gasteiger partial charge on any atom is 0.209 e. The molecule has 1 heterocycles. The number of ether oxygens (including phenoxy) is 3. The molecule has 3 atom stereocenters. The zero-order valence-corrected chi connectivity index (χ0v) is 18.9. The Labute approximate surface area is 189 Å².